The number of halogens is 1. The van der Waals surface area contributed by atoms with Crippen LogP contribution in [-0.2, 0) is 16.6 Å². The fourth-order valence-electron chi connectivity index (χ4n) is 2.62. The zero-order valence-electron chi connectivity index (χ0n) is 16.7. The summed E-state index contributed by atoms with van der Waals surface area (Å²) in [5.74, 6) is 0.845. The van der Waals surface area contributed by atoms with Crippen LogP contribution in [0.25, 0.3) is 5.69 Å². The van der Waals surface area contributed by atoms with Gasteiger partial charge in [0.25, 0.3) is 0 Å². The van der Waals surface area contributed by atoms with Crippen LogP contribution in [0.2, 0.25) is 0 Å². The summed E-state index contributed by atoms with van der Waals surface area (Å²) in [6, 6.07) is 15.7. The minimum atomic E-state index is -3.23. The van der Waals surface area contributed by atoms with Crippen molar-refractivity contribution in [2.75, 3.05) is 25.6 Å². The third kappa shape index (κ3) is 5.59. The Balaban J connectivity index is 1.74. The average Bonchev–Trinajstić information content (AvgIpc) is 3.14. The summed E-state index contributed by atoms with van der Waals surface area (Å²) in [6.45, 7) is 0.0401. The van der Waals surface area contributed by atoms with Crippen molar-refractivity contribution in [1.82, 2.24) is 19.1 Å². The summed E-state index contributed by atoms with van der Waals surface area (Å²) in [5, 5.41) is 9.07. The molecule has 160 valence electrons. The number of aromatic nitrogens is 3. The summed E-state index contributed by atoms with van der Waals surface area (Å²) in [6.07, 6.45) is 0.480. The number of rotatable bonds is 10. The van der Waals surface area contributed by atoms with E-state index in [0.29, 0.717) is 23.2 Å². The SMILES string of the molecule is CN(C)S(=O)(=O)CCCSc1nnc(COc2ccccc2F)n1-c1ccccc1. The Morgan fingerprint density at radius 1 is 1.07 bits per heavy atom. The molecule has 0 radical (unpaired) electrons. The van der Waals surface area contributed by atoms with Crippen molar-refractivity contribution in [1.29, 1.82) is 0 Å². The van der Waals surface area contributed by atoms with Crippen molar-refractivity contribution in [3.8, 4) is 11.4 Å². The van der Waals surface area contributed by atoms with Gasteiger partial charge in [-0.05, 0) is 30.7 Å². The second kappa shape index (κ2) is 10.1. The summed E-state index contributed by atoms with van der Waals surface area (Å²) >= 11 is 1.42. The van der Waals surface area contributed by atoms with Gasteiger partial charge in [0.05, 0.1) is 5.75 Å². The molecule has 2 aromatic carbocycles. The largest absolute Gasteiger partial charge is 0.483 e. The number of hydrogen-bond acceptors (Lipinski definition) is 6. The van der Waals surface area contributed by atoms with Gasteiger partial charge < -0.3 is 4.74 Å². The number of para-hydroxylation sites is 2. The summed E-state index contributed by atoms with van der Waals surface area (Å²) < 4.78 is 46.4. The molecule has 0 amide bonds. The monoisotopic (exact) mass is 450 g/mol. The van der Waals surface area contributed by atoms with Gasteiger partial charge >= 0.3 is 0 Å². The van der Waals surface area contributed by atoms with Gasteiger partial charge in [-0.25, -0.2) is 17.1 Å². The molecule has 10 heteroatoms. The molecule has 1 heterocycles. The molecular weight excluding hydrogens is 427 g/mol. The molecule has 0 atom stereocenters. The first-order valence-corrected chi connectivity index (χ1v) is 11.9. The van der Waals surface area contributed by atoms with Gasteiger partial charge in [0.2, 0.25) is 10.0 Å². The number of nitrogens with zero attached hydrogens (tertiary/aromatic N) is 4. The van der Waals surface area contributed by atoms with Crippen molar-refractivity contribution < 1.29 is 17.5 Å². The van der Waals surface area contributed by atoms with Gasteiger partial charge in [0.15, 0.2) is 22.5 Å². The maximum atomic E-state index is 13.9. The molecule has 30 heavy (non-hydrogen) atoms. The highest BCUT2D eigenvalue weighted by molar-refractivity contribution is 7.99. The normalized spacial score (nSPS) is 11.7. The molecule has 1 aromatic heterocycles. The molecule has 0 spiro atoms. The number of benzene rings is 2. The number of ether oxygens (including phenoxy) is 1. The molecular formula is C20H23FN4O3S2. The Kier molecular flexibility index (Phi) is 7.46. The highest BCUT2D eigenvalue weighted by Gasteiger charge is 2.17. The Hall–Kier alpha value is -2.43. The Morgan fingerprint density at radius 2 is 1.77 bits per heavy atom. The molecule has 0 unspecified atom stereocenters. The zero-order valence-corrected chi connectivity index (χ0v) is 18.4. The van der Waals surface area contributed by atoms with Crippen LogP contribution in [-0.4, -0.2) is 53.1 Å². The van der Waals surface area contributed by atoms with Crippen LogP contribution in [0.15, 0.2) is 59.8 Å². The quantitative estimate of drug-likeness (QED) is 0.348. The number of thioether (sulfide) groups is 1. The van der Waals surface area contributed by atoms with Crippen LogP contribution in [0.5, 0.6) is 5.75 Å². The van der Waals surface area contributed by atoms with E-state index in [2.05, 4.69) is 10.2 Å². The van der Waals surface area contributed by atoms with Gasteiger partial charge in [-0.15, -0.1) is 10.2 Å². The topological polar surface area (TPSA) is 77.3 Å². The van der Waals surface area contributed by atoms with Crippen LogP contribution in [0.1, 0.15) is 12.2 Å². The number of sulfonamides is 1. The lowest BCUT2D eigenvalue weighted by molar-refractivity contribution is 0.278. The maximum Gasteiger partial charge on any atom is 0.213 e. The Morgan fingerprint density at radius 3 is 2.47 bits per heavy atom. The third-order valence-electron chi connectivity index (χ3n) is 4.24. The molecule has 3 rings (SSSR count). The first-order valence-electron chi connectivity index (χ1n) is 9.28. The Labute approximate surface area is 179 Å². The predicted molar refractivity (Wildman–Crippen MR) is 115 cm³/mol. The summed E-state index contributed by atoms with van der Waals surface area (Å²) in [7, 11) is -0.183. The van der Waals surface area contributed by atoms with E-state index in [9.17, 15) is 12.8 Å². The van der Waals surface area contributed by atoms with E-state index in [-0.39, 0.29) is 18.1 Å². The van der Waals surface area contributed by atoms with Crippen LogP contribution in [0.3, 0.4) is 0 Å². The molecule has 0 saturated carbocycles. The van der Waals surface area contributed by atoms with E-state index >= 15 is 0 Å². The fraction of sp³-hybridized carbons (Fsp3) is 0.300. The van der Waals surface area contributed by atoms with Gasteiger partial charge in [-0.2, -0.15) is 0 Å². The molecule has 3 aromatic rings. The lowest BCUT2D eigenvalue weighted by atomic mass is 10.3. The molecule has 7 nitrogen and oxygen atoms in total. The molecule has 0 aliphatic rings. The van der Waals surface area contributed by atoms with Crippen LogP contribution >= 0.6 is 11.8 Å². The molecule has 0 saturated heterocycles. The van der Waals surface area contributed by atoms with Crippen molar-refractivity contribution >= 4 is 21.8 Å². The van der Waals surface area contributed by atoms with E-state index in [1.165, 1.54) is 36.2 Å². The standard InChI is InChI=1S/C20H23FN4O3S2/c1-24(2)30(26,27)14-8-13-29-20-23-22-19(25(20)16-9-4-3-5-10-16)15-28-18-12-7-6-11-17(18)21/h3-7,9-12H,8,13-15H2,1-2H3. The van der Waals surface area contributed by atoms with Gasteiger partial charge in [0, 0.05) is 25.5 Å². The Bertz CT molecular complexity index is 1070. The minimum absolute atomic E-state index is 0.0401. The molecule has 0 N–H and O–H groups in total. The van der Waals surface area contributed by atoms with E-state index in [1.807, 2.05) is 34.9 Å². The smallest absolute Gasteiger partial charge is 0.213 e. The summed E-state index contributed by atoms with van der Waals surface area (Å²) in [5.41, 5.74) is 0.845. The first kappa shape index (κ1) is 22.3. The van der Waals surface area contributed by atoms with Crippen molar-refractivity contribution in [2.45, 2.75) is 18.2 Å². The highest BCUT2D eigenvalue weighted by atomic mass is 32.2. The molecule has 0 bridgehead atoms. The highest BCUT2D eigenvalue weighted by Crippen LogP contribution is 2.24. The summed E-state index contributed by atoms with van der Waals surface area (Å²) in [4.78, 5) is 0. The van der Waals surface area contributed by atoms with Crippen LogP contribution < -0.4 is 4.74 Å². The average molecular weight is 451 g/mol. The van der Waals surface area contributed by atoms with E-state index < -0.39 is 15.8 Å². The molecule has 0 aliphatic heterocycles. The predicted octanol–water partition coefficient (Wildman–Crippen LogP) is 3.36. The van der Waals surface area contributed by atoms with Gasteiger partial charge in [-0.3, -0.25) is 4.57 Å². The van der Waals surface area contributed by atoms with Crippen LogP contribution in [0, 0.1) is 5.82 Å². The second-order valence-corrected chi connectivity index (χ2v) is 9.95. The first-order chi connectivity index (χ1) is 14.4. The van der Waals surface area contributed by atoms with Crippen molar-refractivity contribution in [3.63, 3.8) is 0 Å². The number of hydrogen-bond donors (Lipinski definition) is 0. The lowest BCUT2D eigenvalue weighted by Crippen LogP contribution is -2.25. The van der Waals surface area contributed by atoms with E-state index in [1.54, 1.807) is 18.2 Å². The van der Waals surface area contributed by atoms with Crippen molar-refractivity contribution in [3.05, 3.63) is 66.2 Å². The van der Waals surface area contributed by atoms with E-state index in [4.69, 9.17) is 4.74 Å². The lowest BCUT2D eigenvalue weighted by Gasteiger charge is -2.12. The van der Waals surface area contributed by atoms with Gasteiger partial charge in [-0.1, -0.05) is 42.1 Å². The van der Waals surface area contributed by atoms with Crippen LogP contribution in [0.4, 0.5) is 4.39 Å². The minimum Gasteiger partial charge on any atom is -0.483 e. The fourth-order valence-corrected chi connectivity index (χ4v) is 4.58. The zero-order chi connectivity index (χ0) is 21.6. The van der Waals surface area contributed by atoms with Gasteiger partial charge in [0.1, 0.15) is 6.61 Å². The second-order valence-electron chi connectivity index (χ2n) is 6.59. The van der Waals surface area contributed by atoms with E-state index in [0.717, 1.165) is 5.69 Å². The molecule has 0 fully saturated rings. The molecule has 0 aliphatic carbocycles. The maximum absolute atomic E-state index is 13.9. The third-order valence-corrected chi connectivity index (χ3v) is 7.17. The van der Waals surface area contributed by atoms with Crippen molar-refractivity contribution in [2.24, 2.45) is 0 Å².